The van der Waals surface area contributed by atoms with Gasteiger partial charge in [-0.15, -0.1) is 0 Å². The van der Waals surface area contributed by atoms with Crippen molar-refractivity contribution in [1.29, 1.82) is 0 Å². The minimum Gasteiger partial charge on any atom is -0.385 e. The van der Waals surface area contributed by atoms with Crippen LogP contribution in [0.5, 0.6) is 0 Å². The van der Waals surface area contributed by atoms with Crippen molar-refractivity contribution in [2.45, 2.75) is 18.9 Å². The molecule has 0 spiro atoms. The largest absolute Gasteiger partial charge is 0.385 e. The van der Waals surface area contributed by atoms with E-state index in [4.69, 9.17) is 22.1 Å². The van der Waals surface area contributed by atoms with Crippen LogP contribution in [0.25, 0.3) is 0 Å². The van der Waals surface area contributed by atoms with E-state index in [1.807, 2.05) is 0 Å². The maximum absolute atomic E-state index is 13.8. The lowest BCUT2D eigenvalue weighted by atomic mass is 10.0. The Morgan fingerprint density at radius 2 is 2.28 bits per heavy atom. The van der Waals surface area contributed by atoms with E-state index in [0.717, 1.165) is 0 Å². The smallest absolute Gasteiger partial charge is 0.182 e. The average Bonchev–Trinajstić information content (AvgIpc) is 2.35. The third-order valence-electron chi connectivity index (χ3n) is 2.50. The Morgan fingerprint density at radius 3 is 2.89 bits per heavy atom. The lowest BCUT2D eigenvalue weighted by Crippen LogP contribution is -2.31. The SMILES string of the molecule is COCCCC(N)C(=O)c1ccc(Br)c(Cl)c1F. The zero-order valence-electron chi connectivity index (χ0n) is 9.88. The number of hydrogen-bond acceptors (Lipinski definition) is 3. The van der Waals surface area contributed by atoms with Crippen molar-refractivity contribution < 1.29 is 13.9 Å². The van der Waals surface area contributed by atoms with Gasteiger partial charge in [-0.25, -0.2) is 4.39 Å². The summed E-state index contributed by atoms with van der Waals surface area (Å²) in [5.74, 6) is -1.18. The molecule has 18 heavy (non-hydrogen) atoms. The molecule has 1 atom stereocenters. The summed E-state index contributed by atoms with van der Waals surface area (Å²) in [6.45, 7) is 0.518. The fourth-order valence-corrected chi connectivity index (χ4v) is 1.97. The number of nitrogens with two attached hydrogens (primary N) is 1. The second kappa shape index (κ2) is 7.19. The van der Waals surface area contributed by atoms with Crippen LogP contribution in [0, 0.1) is 5.82 Å². The molecule has 6 heteroatoms. The number of benzene rings is 1. The van der Waals surface area contributed by atoms with E-state index < -0.39 is 17.6 Å². The maximum Gasteiger partial charge on any atom is 0.182 e. The summed E-state index contributed by atoms with van der Waals surface area (Å²) >= 11 is 8.81. The molecule has 100 valence electrons. The molecule has 1 unspecified atom stereocenters. The van der Waals surface area contributed by atoms with Crippen molar-refractivity contribution in [2.75, 3.05) is 13.7 Å². The van der Waals surface area contributed by atoms with Crippen molar-refractivity contribution in [3.8, 4) is 0 Å². The van der Waals surface area contributed by atoms with Crippen molar-refractivity contribution in [1.82, 2.24) is 0 Å². The highest BCUT2D eigenvalue weighted by Crippen LogP contribution is 2.28. The number of ether oxygens (including phenoxy) is 1. The lowest BCUT2D eigenvalue weighted by Gasteiger charge is -2.11. The topological polar surface area (TPSA) is 52.3 Å². The van der Waals surface area contributed by atoms with Gasteiger partial charge in [0.1, 0.15) is 0 Å². The Labute approximate surface area is 119 Å². The number of methoxy groups -OCH3 is 1. The molecule has 0 aromatic heterocycles. The molecular formula is C12H14BrClFNO2. The summed E-state index contributed by atoms with van der Waals surface area (Å²) in [5, 5.41) is -0.107. The zero-order chi connectivity index (χ0) is 13.7. The van der Waals surface area contributed by atoms with Gasteiger partial charge in [0.05, 0.1) is 16.6 Å². The van der Waals surface area contributed by atoms with E-state index in [-0.39, 0.29) is 10.6 Å². The second-order valence-corrected chi connectivity index (χ2v) is 5.06. The van der Waals surface area contributed by atoms with Gasteiger partial charge in [-0.05, 0) is 40.9 Å². The van der Waals surface area contributed by atoms with Gasteiger partial charge < -0.3 is 10.5 Å². The molecule has 0 heterocycles. The van der Waals surface area contributed by atoms with Crippen molar-refractivity contribution >= 4 is 33.3 Å². The van der Waals surface area contributed by atoms with Crippen LogP contribution in [-0.2, 0) is 4.74 Å². The first-order valence-corrected chi connectivity index (χ1v) is 6.58. The predicted molar refractivity (Wildman–Crippen MR) is 72.5 cm³/mol. The molecule has 0 aliphatic carbocycles. The Kier molecular flexibility index (Phi) is 6.21. The highest BCUT2D eigenvalue weighted by Gasteiger charge is 2.21. The third kappa shape index (κ3) is 3.75. The van der Waals surface area contributed by atoms with Gasteiger partial charge in [-0.2, -0.15) is 0 Å². The minimum absolute atomic E-state index is 0.0758. The molecule has 0 saturated carbocycles. The molecule has 3 nitrogen and oxygen atoms in total. The Morgan fingerprint density at radius 1 is 1.61 bits per heavy atom. The molecular weight excluding hydrogens is 324 g/mol. The normalized spacial score (nSPS) is 12.5. The average molecular weight is 339 g/mol. The van der Waals surface area contributed by atoms with Gasteiger partial charge in [-0.1, -0.05) is 11.6 Å². The van der Waals surface area contributed by atoms with Crippen LogP contribution in [0.4, 0.5) is 4.39 Å². The van der Waals surface area contributed by atoms with E-state index in [9.17, 15) is 9.18 Å². The summed E-state index contributed by atoms with van der Waals surface area (Å²) < 4.78 is 19.1. The Balaban J connectivity index is 2.81. The summed E-state index contributed by atoms with van der Waals surface area (Å²) in [6.07, 6.45) is 1.09. The number of Topliss-reactive ketones (excluding diaryl/α,β-unsaturated/α-hetero) is 1. The van der Waals surface area contributed by atoms with Crippen LogP contribution < -0.4 is 5.73 Å². The van der Waals surface area contributed by atoms with Gasteiger partial charge in [0.25, 0.3) is 0 Å². The van der Waals surface area contributed by atoms with Gasteiger partial charge in [0.15, 0.2) is 11.6 Å². The summed E-state index contributed by atoms with van der Waals surface area (Å²) in [4.78, 5) is 11.9. The molecule has 0 aliphatic rings. The molecule has 1 aromatic carbocycles. The fourth-order valence-electron chi connectivity index (χ4n) is 1.49. The monoisotopic (exact) mass is 337 g/mol. The van der Waals surface area contributed by atoms with Gasteiger partial charge >= 0.3 is 0 Å². The van der Waals surface area contributed by atoms with E-state index in [2.05, 4.69) is 15.9 Å². The third-order valence-corrected chi connectivity index (χ3v) is 3.76. The number of ketones is 1. The first kappa shape index (κ1) is 15.6. The molecule has 2 N–H and O–H groups in total. The number of halogens is 3. The van der Waals surface area contributed by atoms with Crippen LogP contribution in [0.1, 0.15) is 23.2 Å². The standard InChI is InChI=1S/C12H14BrClFNO2/c1-18-6-2-3-9(16)12(17)7-4-5-8(13)10(14)11(7)15/h4-5,9H,2-3,6,16H2,1H3. The number of carbonyl (C=O) groups excluding carboxylic acids is 1. The summed E-state index contributed by atoms with van der Waals surface area (Å²) in [7, 11) is 1.57. The van der Waals surface area contributed by atoms with Crippen LogP contribution in [-0.4, -0.2) is 25.5 Å². The molecule has 0 amide bonds. The van der Waals surface area contributed by atoms with Crippen molar-refractivity contribution in [3.63, 3.8) is 0 Å². The van der Waals surface area contributed by atoms with Crippen LogP contribution in [0.3, 0.4) is 0 Å². The van der Waals surface area contributed by atoms with E-state index in [1.165, 1.54) is 12.1 Å². The molecule has 0 radical (unpaired) electrons. The molecule has 1 rings (SSSR count). The van der Waals surface area contributed by atoms with E-state index in [0.29, 0.717) is 23.9 Å². The predicted octanol–water partition coefficient (Wildman–Crippen LogP) is 3.18. The zero-order valence-corrected chi connectivity index (χ0v) is 12.2. The number of carbonyl (C=O) groups is 1. The highest BCUT2D eigenvalue weighted by molar-refractivity contribution is 9.10. The molecule has 0 bridgehead atoms. The maximum atomic E-state index is 13.8. The quantitative estimate of drug-likeness (QED) is 0.492. The highest BCUT2D eigenvalue weighted by atomic mass is 79.9. The lowest BCUT2D eigenvalue weighted by molar-refractivity contribution is 0.0946. The summed E-state index contributed by atoms with van der Waals surface area (Å²) in [6, 6.07) is 2.16. The molecule has 1 aromatic rings. The second-order valence-electron chi connectivity index (χ2n) is 3.83. The van der Waals surface area contributed by atoms with Gasteiger partial charge in [-0.3, -0.25) is 4.79 Å². The molecule has 0 fully saturated rings. The van der Waals surface area contributed by atoms with E-state index in [1.54, 1.807) is 7.11 Å². The Hall–Kier alpha value is -0.490. The van der Waals surface area contributed by atoms with Crippen LogP contribution >= 0.6 is 27.5 Å². The van der Waals surface area contributed by atoms with Crippen molar-refractivity contribution in [2.24, 2.45) is 5.73 Å². The number of rotatable bonds is 6. The number of hydrogen-bond donors (Lipinski definition) is 1. The van der Waals surface area contributed by atoms with Crippen LogP contribution in [0.15, 0.2) is 16.6 Å². The van der Waals surface area contributed by atoms with Crippen molar-refractivity contribution in [3.05, 3.63) is 33.0 Å². The van der Waals surface area contributed by atoms with E-state index >= 15 is 0 Å². The molecule has 0 saturated heterocycles. The Bertz CT molecular complexity index is 442. The van der Waals surface area contributed by atoms with Crippen LogP contribution in [0.2, 0.25) is 5.02 Å². The molecule has 0 aliphatic heterocycles. The fraction of sp³-hybridized carbons (Fsp3) is 0.417. The van der Waals surface area contributed by atoms with Gasteiger partial charge in [0.2, 0.25) is 0 Å². The van der Waals surface area contributed by atoms with Gasteiger partial charge in [0, 0.05) is 18.2 Å². The summed E-state index contributed by atoms with van der Waals surface area (Å²) in [5.41, 5.74) is 5.64. The first-order valence-electron chi connectivity index (χ1n) is 5.41. The first-order chi connectivity index (χ1) is 8.49. The minimum atomic E-state index is -0.744.